The molecule has 0 spiro atoms. The van der Waals surface area contributed by atoms with Crippen molar-refractivity contribution < 1.29 is 0 Å². The van der Waals surface area contributed by atoms with E-state index < -0.39 is 0 Å². The molecule has 1 aliphatic rings. The van der Waals surface area contributed by atoms with Crippen LogP contribution in [0.15, 0.2) is 42.5 Å². The van der Waals surface area contributed by atoms with E-state index in [0.717, 1.165) is 5.92 Å². The highest BCUT2D eigenvalue weighted by atomic mass is 14.9. The topological polar surface area (TPSA) is 12.0 Å². The zero-order valence-corrected chi connectivity index (χ0v) is 9.61. The lowest BCUT2D eigenvalue weighted by atomic mass is 9.99. The average molecular weight is 211 g/mol. The summed E-state index contributed by atoms with van der Waals surface area (Å²) in [6.07, 6.45) is 2.75. The van der Waals surface area contributed by atoms with Crippen molar-refractivity contribution in [2.45, 2.75) is 18.9 Å². The monoisotopic (exact) mass is 211 g/mol. The van der Waals surface area contributed by atoms with Gasteiger partial charge in [0.25, 0.3) is 0 Å². The molecule has 3 rings (SSSR count). The first-order valence-corrected chi connectivity index (χ1v) is 6.04. The number of benzene rings is 2. The van der Waals surface area contributed by atoms with Gasteiger partial charge in [0.2, 0.25) is 0 Å². The van der Waals surface area contributed by atoms with Gasteiger partial charge in [0, 0.05) is 6.04 Å². The zero-order chi connectivity index (χ0) is 11.0. The van der Waals surface area contributed by atoms with Gasteiger partial charge < -0.3 is 5.32 Å². The van der Waals surface area contributed by atoms with Gasteiger partial charge in [0.1, 0.15) is 0 Å². The molecule has 0 aliphatic heterocycles. The van der Waals surface area contributed by atoms with Gasteiger partial charge in [-0.1, -0.05) is 36.4 Å². The minimum absolute atomic E-state index is 0.546. The fourth-order valence-electron chi connectivity index (χ4n) is 2.51. The van der Waals surface area contributed by atoms with Crippen molar-refractivity contribution in [3.05, 3.63) is 48.0 Å². The van der Waals surface area contributed by atoms with Crippen LogP contribution in [0.5, 0.6) is 0 Å². The maximum Gasteiger partial charge on any atom is 0.0346 e. The molecule has 1 N–H and O–H groups in total. The van der Waals surface area contributed by atoms with Crippen molar-refractivity contribution in [3.63, 3.8) is 0 Å². The summed E-state index contributed by atoms with van der Waals surface area (Å²) in [4.78, 5) is 0. The summed E-state index contributed by atoms with van der Waals surface area (Å²) < 4.78 is 0. The molecule has 1 heteroatoms. The number of rotatable bonds is 3. The third-order valence-corrected chi connectivity index (χ3v) is 3.54. The predicted octanol–water partition coefficient (Wildman–Crippen LogP) is 3.51. The van der Waals surface area contributed by atoms with E-state index in [1.54, 1.807) is 0 Å². The molecule has 1 atom stereocenters. The Morgan fingerprint density at radius 1 is 1.06 bits per heavy atom. The summed E-state index contributed by atoms with van der Waals surface area (Å²) in [7, 11) is 2.07. The highest BCUT2D eigenvalue weighted by molar-refractivity contribution is 5.83. The van der Waals surface area contributed by atoms with E-state index in [2.05, 4.69) is 54.8 Å². The van der Waals surface area contributed by atoms with E-state index in [1.807, 2.05) is 0 Å². The van der Waals surface area contributed by atoms with Crippen LogP contribution in [-0.4, -0.2) is 7.05 Å². The molecule has 2 aromatic carbocycles. The molecule has 2 aromatic rings. The second-order valence-corrected chi connectivity index (χ2v) is 4.71. The van der Waals surface area contributed by atoms with Gasteiger partial charge in [-0.05, 0) is 48.2 Å². The second kappa shape index (κ2) is 3.91. The summed E-state index contributed by atoms with van der Waals surface area (Å²) in [6.45, 7) is 0. The van der Waals surface area contributed by atoms with Gasteiger partial charge in [-0.15, -0.1) is 0 Å². The first-order chi connectivity index (χ1) is 7.88. The van der Waals surface area contributed by atoms with Crippen molar-refractivity contribution in [2.24, 2.45) is 5.92 Å². The van der Waals surface area contributed by atoms with E-state index in [9.17, 15) is 0 Å². The van der Waals surface area contributed by atoms with Crippen molar-refractivity contribution in [2.75, 3.05) is 7.05 Å². The molecule has 0 saturated heterocycles. The van der Waals surface area contributed by atoms with E-state index in [4.69, 9.17) is 0 Å². The van der Waals surface area contributed by atoms with Crippen LogP contribution in [0, 0.1) is 5.92 Å². The molecule has 0 radical (unpaired) electrons. The minimum Gasteiger partial charge on any atom is -0.313 e. The molecule has 0 heterocycles. The third-order valence-electron chi connectivity index (χ3n) is 3.54. The molecule has 16 heavy (non-hydrogen) atoms. The van der Waals surface area contributed by atoms with Crippen LogP contribution in [0.4, 0.5) is 0 Å². The highest BCUT2D eigenvalue weighted by Gasteiger charge is 2.31. The molecular formula is C15H17N. The molecule has 0 amide bonds. The molecule has 0 bridgehead atoms. The summed E-state index contributed by atoms with van der Waals surface area (Å²) in [5.41, 5.74) is 1.43. The molecule has 1 fully saturated rings. The van der Waals surface area contributed by atoms with Gasteiger partial charge in [-0.2, -0.15) is 0 Å². The van der Waals surface area contributed by atoms with Crippen LogP contribution in [0.1, 0.15) is 24.4 Å². The van der Waals surface area contributed by atoms with Crippen LogP contribution in [0.25, 0.3) is 10.8 Å². The van der Waals surface area contributed by atoms with E-state index >= 15 is 0 Å². The van der Waals surface area contributed by atoms with Crippen molar-refractivity contribution in [1.82, 2.24) is 5.32 Å². The standard InChI is InChI=1S/C15H17N/c1-16-15(12-7-8-12)14-9-6-11-4-2-3-5-13(11)10-14/h2-6,9-10,12,15-16H,7-8H2,1H3. The Hall–Kier alpha value is -1.34. The molecular weight excluding hydrogens is 194 g/mol. The van der Waals surface area contributed by atoms with Crippen molar-refractivity contribution in [3.8, 4) is 0 Å². The Bertz CT molecular complexity index is 500. The summed E-state index contributed by atoms with van der Waals surface area (Å²) >= 11 is 0. The van der Waals surface area contributed by atoms with Crippen LogP contribution in [0.3, 0.4) is 0 Å². The maximum absolute atomic E-state index is 3.44. The minimum atomic E-state index is 0.546. The van der Waals surface area contributed by atoms with E-state index in [1.165, 1.54) is 29.2 Å². The number of hydrogen-bond acceptors (Lipinski definition) is 1. The Morgan fingerprint density at radius 2 is 1.81 bits per heavy atom. The molecule has 1 saturated carbocycles. The Morgan fingerprint density at radius 3 is 2.50 bits per heavy atom. The number of hydrogen-bond donors (Lipinski definition) is 1. The fourth-order valence-corrected chi connectivity index (χ4v) is 2.51. The quantitative estimate of drug-likeness (QED) is 0.819. The lowest BCUT2D eigenvalue weighted by Gasteiger charge is -2.16. The van der Waals surface area contributed by atoms with Crippen LogP contribution < -0.4 is 5.32 Å². The SMILES string of the molecule is CNC(c1ccc2ccccc2c1)C1CC1. The smallest absolute Gasteiger partial charge is 0.0346 e. The lowest BCUT2D eigenvalue weighted by Crippen LogP contribution is -2.18. The van der Waals surface area contributed by atoms with Gasteiger partial charge in [0.15, 0.2) is 0 Å². The Balaban J connectivity index is 2.03. The lowest BCUT2D eigenvalue weighted by molar-refractivity contribution is 0.529. The Kier molecular flexibility index (Phi) is 2.41. The first kappa shape index (κ1) is 9.86. The normalized spacial score (nSPS) is 17.6. The first-order valence-electron chi connectivity index (χ1n) is 6.04. The van der Waals surface area contributed by atoms with Gasteiger partial charge >= 0.3 is 0 Å². The van der Waals surface area contributed by atoms with Gasteiger partial charge in [0.05, 0.1) is 0 Å². The van der Waals surface area contributed by atoms with Gasteiger partial charge in [-0.3, -0.25) is 0 Å². The van der Waals surface area contributed by atoms with Gasteiger partial charge in [-0.25, -0.2) is 0 Å². The summed E-state index contributed by atoms with van der Waals surface area (Å²) in [5.74, 6) is 0.853. The third kappa shape index (κ3) is 1.72. The average Bonchev–Trinajstić information content (AvgIpc) is 3.14. The van der Waals surface area contributed by atoms with Crippen LogP contribution in [0.2, 0.25) is 0 Å². The zero-order valence-electron chi connectivity index (χ0n) is 9.61. The number of fused-ring (bicyclic) bond motifs is 1. The summed E-state index contributed by atoms with van der Waals surface area (Å²) in [6, 6.07) is 15.9. The van der Waals surface area contributed by atoms with E-state index in [0.29, 0.717) is 6.04 Å². The molecule has 82 valence electrons. The van der Waals surface area contributed by atoms with Crippen LogP contribution in [-0.2, 0) is 0 Å². The molecule has 1 aliphatic carbocycles. The molecule has 1 unspecified atom stereocenters. The van der Waals surface area contributed by atoms with E-state index in [-0.39, 0.29) is 0 Å². The second-order valence-electron chi connectivity index (χ2n) is 4.71. The Labute approximate surface area is 96.5 Å². The largest absolute Gasteiger partial charge is 0.313 e. The number of nitrogens with one attached hydrogen (secondary N) is 1. The van der Waals surface area contributed by atoms with Crippen molar-refractivity contribution >= 4 is 10.8 Å². The predicted molar refractivity (Wildman–Crippen MR) is 68.5 cm³/mol. The highest BCUT2D eigenvalue weighted by Crippen LogP contribution is 2.41. The fraction of sp³-hybridized carbons (Fsp3) is 0.333. The summed E-state index contributed by atoms with van der Waals surface area (Å²) in [5, 5.41) is 6.12. The van der Waals surface area contributed by atoms with Crippen molar-refractivity contribution in [1.29, 1.82) is 0 Å². The van der Waals surface area contributed by atoms with Crippen LogP contribution >= 0.6 is 0 Å². The molecule has 0 aromatic heterocycles. The molecule has 1 nitrogen and oxygen atoms in total. The maximum atomic E-state index is 3.44.